The first-order valence-electron chi connectivity index (χ1n) is 6.95. The van der Waals surface area contributed by atoms with E-state index in [1.807, 2.05) is 25.1 Å². The first-order valence-corrected chi connectivity index (χ1v) is 6.95. The zero-order valence-corrected chi connectivity index (χ0v) is 11.5. The summed E-state index contributed by atoms with van der Waals surface area (Å²) in [5.74, 6) is 0. The molecule has 0 spiro atoms. The zero-order chi connectivity index (χ0) is 14.0. The molecule has 1 aromatic heterocycles. The lowest BCUT2D eigenvalue weighted by atomic mass is 9.88. The fraction of sp³-hybridized carbons (Fsp3) is 0.500. The maximum atomic E-state index is 10.2. The Hall–Kier alpha value is -1.63. The van der Waals surface area contributed by atoms with E-state index in [4.69, 9.17) is 10.2 Å². The van der Waals surface area contributed by atoms with E-state index >= 15 is 0 Å². The molecule has 0 bridgehead atoms. The van der Waals surface area contributed by atoms with Crippen molar-refractivity contribution in [2.75, 3.05) is 31.9 Å². The van der Waals surface area contributed by atoms with E-state index in [2.05, 4.69) is 10.3 Å². The fourth-order valence-corrected chi connectivity index (χ4v) is 3.46. The monoisotopic (exact) mass is 275 g/mol. The largest absolute Gasteiger partial charge is 0.405 e. The Morgan fingerprint density at radius 3 is 2.80 bits per heavy atom. The number of quaternary nitrogens is 1. The van der Waals surface area contributed by atoms with Crippen LogP contribution >= 0.6 is 0 Å². The van der Waals surface area contributed by atoms with Crippen molar-refractivity contribution in [1.29, 1.82) is 0 Å². The molecule has 4 rings (SSSR count). The number of hydrogen-bond donors (Lipinski definition) is 3. The van der Waals surface area contributed by atoms with Crippen molar-refractivity contribution in [2.45, 2.75) is 18.6 Å². The van der Waals surface area contributed by atoms with Gasteiger partial charge in [-0.1, -0.05) is 0 Å². The normalized spacial score (nSPS) is 33.9. The van der Waals surface area contributed by atoms with Crippen molar-refractivity contribution in [3.8, 4) is 0 Å². The van der Waals surface area contributed by atoms with Crippen LogP contribution < -0.4 is 15.5 Å². The first-order chi connectivity index (χ1) is 9.48. The number of fused-ring (bicyclic) bond motifs is 1. The third kappa shape index (κ3) is 1.59. The van der Waals surface area contributed by atoms with Crippen LogP contribution in [0.4, 0.5) is 11.7 Å². The predicted octanol–water partition coefficient (Wildman–Crippen LogP) is 0.454. The third-order valence-corrected chi connectivity index (χ3v) is 4.49. The van der Waals surface area contributed by atoms with Crippen LogP contribution in [0.15, 0.2) is 22.6 Å². The maximum absolute atomic E-state index is 10.2. The van der Waals surface area contributed by atoms with Crippen molar-refractivity contribution in [1.82, 2.24) is 14.8 Å². The number of likely N-dealkylation sites (tertiary alicyclic amines) is 1. The van der Waals surface area contributed by atoms with Gasteiger partial charge in [-0.3, -0.25) is 0 Å². The van der Waals surface area contributed by atoms with Crippen LogP contribution in [0.25, 0.3) is 11.1 Å². The highest BCUT2D eigenvalue weighted by Crippen LogP contribution is 2.40. The predicted molar refractivity (Wildman–Crippen MR) is 77.2 cm³/mol. The standard InChI is InChI=1S/C14H19N4O2/c1-14(19)7-18(8-14,10-5-16-6-10)13-17-11-4-9(15)2-3-12(11)20-13/h2-4,10,16,19H,5-8,15H2,1H3/q+1. The summed E-state index contributed by atoms with van der Waals surface area (Å²) in [7, 11) is 0. The van der Waals surface area contributed by atoms with Gasteiger partial charge in [0.05, 0.1) is 0 Å². The van der Waals surface area contributed by atoms with Crippen LogP contribution in [-0.2, 0) is 0 Å². The van der Waals surface area contributed by atoms with Crippen LogP contribution in [0, 0.1) is 0 Å². The van der Waals surface area contributed by atoms with Crippen molar-refractivity contribution < 1.29 is 9.52 Å². The molecular weight excluding hydrogens is 256 g/mol. The Labute approximate surface area is 116 Å². The minimum atomic E-state index is -0.630. The van der Waals surface area contributed by atoms with Gasteiger partial charge < -0.3 is 20.6 Å². The topological polar surface area (TPSA) is 84.3 Å². The number of oxazole rings is 1. The van der Waals surface area contributed by atoms with Crippen molar-refractivity contribution in [3.63, 3.8) is 0 Å². The lowest BCUT2D eigenvalue weighted by Gasteiger charge is -2.56. The van der Waals surface area contributed by atoms with Crippen molar-refractivity contribution >= 4 is 22.8 Å². The molecule has 0 saturated carbocycles. The Morgan fingerprint density at radius 2 is 2.20 bits per heavy atom. The second-order valence-electron chi connectivity index (χ2n) is 6.38. The molecule has 0 radical (unpaired) electrons. The van der Waals surface area contributed by atoms with Crippen LogP contribution in [0.2, 0.25) is 0 Å². The fourth-order valence-electron chi connectivity index (χ4n) is 3.46. The second-order valence-corrected chi connectivity index (χ2v) is 6.38. The number of benzene rings is 1. The molecule has 0 atom stereocenters. The van der Waals surface area contributed by atoms with Crippen LogP contribution in [0.1, 0.15) is 6.92 Å². The SMILES string of the molecule is CC1(O)C[N+](c2nc3cc(N)ccc3o2)(C2CNC2)C1. The van der Waals surface area contributed by atoms with E-state index in [9.17, 15) is 5.11 Å². The number of aromatic nitrogens is 1. The summed E-state index contributed by atoms with van der Waals surface area (Å²) < 4.78 is 6.58. The lowest BCUT2D eigenvalue weighted by molar-refractivity contribution is -0.112. The number of nitrogens with two attached hydrogens (primary N) is 1. The van der Waals surface area contributed by atoms with E-state index in [0.717, 1.165) is 24.2 Å². The van der Waals surface area contributed by atoms with Crippen LogP contribution in [0.5, 0.6) is 0 Å². The number of rotatable bonds is 2. The Balaban J connectivity index is 1.78. The molecule has 0 unspecified atom stereocenters. The van der Waals surface area contributed by atoms with Crippen LogP contribution in [-0.4, -0.2) is 47.9 Å². The molecule has 2 fully saturated rings. The van der Waals surface area contributed by atoms with Gasteiger partial charge in [0.15, 0.2) is 11.2 Å². The molecule has 3 heterocycles. The molecule has 0 amide bonds. The maximum Gasteiger partial charge on any atom is 0.405 e. The molecule has 6 heteroatoms. The molecule has 1 aromatic carbocycles. The summed E-state index contributed by atoms with van der Waals surface area (Å²) in [6.07, 6.45) is 0. The third-order valence-electron chi connectivity index (χ3n) is 4.49. The van der Waals surface area contributed by atoms with E-state index in [0.29, 0.717) is 35.3 Å². The van der Waals surface area contributed by atoms with Gasteiger partial charge >= 0.3 is 6.01 Å². The van der Waals surface area contributed by atoms with E-state index in [1.165, 1.54) is 0 Å². The average molecular weight is 275 g/mol. The Morgan fingerprint density at radius 1 is 1.45 bits per heavy atom. The molecular formula is C14H19N4O2+. The smallest absolute Gasteiger partial charge is 0.399 e. The summed E-state index contributed by atoms with van der Waals surface area (Å²) in [4.78, 5) is 4.62. The molecule has 2 aliphatic heterocycles. The lowest BCUT2D eigenvalue weighted by Crippen LogP contribution is -2.82. The van der Waals surface area contributed by atoms with Gasteiger partial charge in [0, 0.05) is 18.8 Å². The van der Waals surface area contributed by atoms with Gasteiger partial charge in [-0.25, -0.2) is 4.48 Å². The number of nitrogen functional groups attached to an aromatic ring is 1. The molecule has 0 aliphatic carbocycles. The molecule has 4 N–H and O–H groups in total. The van der Waals surface area contributed by atoms with Crippen molar-refractivity contribution in [3.05, 3.63) is 18.2 Å². The Kier molecular flexibility index (Phi) is 2.26. The molecule has 6 nitrogen and oxygen atoms in total. The minimum Gasteiger partial charge on any atom is -0.399 e. The minimum absolute atomic E-state index is 0.431. The Bertz CT molecular complexity index is 667. The van der Waals surface area contributed by atoms with Gasteiger partial charge in [-0.15, -0.1) is 0 Å². The number of nitrogens with one attached hydrogen (secondary N) is 1. The van der Waals surface area contributed by atoms with E-state index < -0.39 is 5.60 Å². The first kappa shape index (κ1) is 12.1. The molecule has 20 heavy (non-hydrogen) atoms. The quantitative estimate of drug-likeness (QED) is 0.547. The van der Waals surface area contributed by atoms with E-state index in [-0.39, 0.29) is 0 Å². The van der Waals surface area contributed by atoms with Gasteiger partial charge in [0.2, 0.25) is 0 Å². The molecule has 2 saturated heterocycles. The molecule has 2 aromatic rings. The summed E-state index contributed by atoms with van der Waals surface area (Å²) >= 11 is 0. The highest BCUT2D eigenvalue weighted by atomic mass is 16.4. The zero-order valence-electron chi connectivity index (χ0n) is 11.5. The summed E-state index contributed by atoms with van der Waals surface area (Å²) in [5.41, 5.74) is 7.39. The highest BCUT2D eigenvalue weighted by molar-refractivity contribution is 5.78. The second kappa shape index (κ2) is 3.72. The van der Waals surface area contributed by atoms with E-state index in [1.54, 1.807) is 0 Å². The molecule has 2 aliphatic rings. The van der Waals surface area contributed by atoms with Gasteiger partial charge in [0.1, 0.15) is 24.6 Å². The number of aliphatic hydroxyl groups is 1. The summed E-state index contributed by atoms with van der Waals surface area (Å²) in [5, 5.41) is 13.5. The summed E-state index contributed by atoms with van der Waals surface area (Å²) in [6, 6.07) is 6.63. The van der Waals surface area contributed by atoms with Gasteiger partial charge in [-0.2, -0.15) is 4.98 Å². The van der Waals surface area contributed by atoms with Gasteiger partial charge in [-0.05, 0) is 25.1 Å². The average Bonchev–Trinajstić information content (AvgIpc) is 2.66. The molecule has 106 valence electrons. The number of hydrogen-bond acceptors (Lipinski definition) is 5. The van der Waals surface area contributed by atoms with Gasteiger partial charge in [0.25, 0.3) is 0 Å². The number of anilines is 1. The number of nitrogens with zero attached hydrogens (tertiary/aromatic N) is 2. The van der Waals surface area contributed by atoms with Crippen molar-refractivity contribution in [2.24, 2.45) is 0 Å². The van der Waals surface area contributed by atoms with Crippen LogP contribution in [0.3, 0.4) is 0 Å². The highest BCUT2D eigenvalue weighted by Gasteiger charge is 2.61. The summed E-state index contributed by atoms with van der Waals surface area (Å²) in [6.45, 7) is 5.06.